The summed E-state index contributed by atoms with van der Waals surface area (Å²) in [6.07, 6.45) is 12.3. The lowest BCUT2D eigenvalue weighted by molar-refractivity contribution is 0.0741. The van der Waals surface area contributed by atoms with Crippen LogP contribution in [0.15, 0.2) is 53.1 Å². The molecular weight excluding hydrogens is 536 g/mol. The monoisotopic (exact) mass is 578 g/mol. The van der Waals surface area contributed by atoms with Crippen molar-refractivity contribution in [1.29, 1.82) is 0 Å². The molecule has 1 aliphatic heterocycles. The summed E-state index contributed by atoms with van der Waals surface area (Å²) in [5, 5.41) is 4.96. The van der Waals surface area contributed by atoms with Gasteiger partial charge in [0.1, 0.15) is 5.69 Å². The zero-order chi connectivity index (χ0) is 27.1. The number of halogens is 1. The SMILES string of the molecule is CC(C)CCN(CCC(C)C)C(=O)c1ccn2nc(-c3cccc(Br)c3)c(C=CCN3CCCCC3)c2c1. The van der Waals surface area contributed by atoms with Gasteiger partial charge in [-0.3, -0.25) is 9.69 Å². The van der Waals surface area contributed by atoms with Gasteiger partial charge in [-0.2, -0.15) is 5.10 Å². The number of carbonyl (C=O) groups is 1. The Morgan fingerprint density at radius 1 is 1.03 bits per heavy atom. The number of rotatable bonds is 11. The molecule has 3 heterocycles. The predicted octanol–water partition coefficient (Wildman–Crippen LogP) is 7.80. The molecule has 2 aromatic heterocycles. The third-order valence-corrected chi connectivity index (χ3v) is 7.85. The van der Waals surface area contributed by atoms with Crippen LogP contribution in [0.5, 0.6) is 0 Å². The van der Waals surface area contributed by atoms with Crippen LogP contribution in [0.25, 0.3) is 22.9 Å². The number of aromatic nitrogens is 2. The molecule has 1 amide bonds. The van der Waals surface area contributed by atoms with Crippen LogP contribution >= 0.6 is 15.9 Å². The largest absolute Gasteiger partial charge is 0.339 e. The van der Waals surface area contributed by atoms with E-state index in [9.17, 15) is 4.79 Å². The van der Waals surface area contributed by atoms with Crippen molar-refractivity contribution in [3.8, 4) is 11.3 Å². The Morgan fingerprint density at radius 2 is 1.74 bits per heavy atom. The van der Waals surface area contributed by atoms with Crippen molar-refractivity contribution in [2.45, 2.75) is 59.8 Å². The van der Waals surface area contributed by atoms with Gasteiger partial charge in [-0.25, -0.2) is 4.52 Å². The van der Waals surface area contributed by atoms with Crippen molar-refractivity contribution in [3.63, 3.8) is 0 Å². The normalized spacial score (nSPS) is 14.8. The van der Waals surface area contributed by atoms with Crippen LogP contribution < -0.4 is 0 Å². The van der Waals surface area contributed by atoms with Crippen molar-refractivity contribution in [2.75, 3.05) is 32.7 Å². The van der Waals surface area contributed by atoms with Gasteiger partial charge in [-0.15, -0.1) is 0 Å². The van der Waals surface area contributed by atoms with Gasteiger partial charge in [0.25, 0.3) is 5.91 Å². The van der Waals surface area contributed by atoms with E-state index >= 15 is 0 Å². The minimum Gasteiger partial charge on any atom is -0.339 e. The first-order chi connectivity index (χ1) is 18.3. The molecular formula is C32H43BrN4O. The van der Waals surface area contributed by atoms with Gasteiger partial charge in [0.05, 0.1) is 5.52 Å². The molecule has 1 aromatic carbocycles. The van der Waals surface area contributed by atoms with E-state index in [1.807, 2.05) is 39.9 Å². The van der Waals surface area contributed by atoms with Crippen LogP contribution in [0.1, 0.15) is 75.7 Å². The zero-order valence-electron chi connectivity index (χ0n) is 23.5. The Balaban J connectivity index is 1.69. The summed E-state index contributed by atoms with van der Waals surface area (Å²) in [5.74, 6) is 1.24. The van der Waals surface area contributed by atoms with Gasteiger partial charge < -0.3 is 4.90 Å². The molecule has 0 unspecified atom stereocenters. The Kier molecular flexibility index (Phi) is 10.2. The van der Waals surface area contributed by atoms with Crippen LogP contribution in [0.4, 0.5) is 0 Å². The number of hydrogen-bond donors (Lipinski definition) is 0. The summed E-state index contributed by atoms with van der Waals surface area (Å²) in [7, 11) is 0. The molecule has 6 heteroatoms. The summed E-state index contributed by atoms with van der Waals surface area (Å²) < 4.78 is 2.94. The van der Waals surface area contributed by atoms with E-state index in [1.165, 1.54) is 32.4 Å². The van der Waals surface area contributed by atoms with Crippen molar-refractivity contribution in [3.05, 3.63) is 64.3 Å². The molecule has 204 valence electrons. The Labute approximate surface area is 237 Å². The molecule has 0 radical (unpaired) electrons. The lowest BCUT2D eigenvalue weighted by Gasteiger charge is -2.25. The number of likely N-dealkylation sites (tertiary alicyclic amines) is 1. The molecule has 0 bridgehead atoms. The van der Waals surface area contributed by atoms with Crippen LogP contribution in [0.2, 0.25) is 0 Å². The van der Waals surface area contributed by atoms with E-state index in [4.69, 9.17) is 5.10 Å². The average Bonchev–Trinajstić information content (AvgIpc) is 3.26. The van der Waals surface area contributed by atoms with Gasteiger partial charge in [-0.1, -0.05) is 74.3 Å². The number of piperidine rings is 1. The topological polar surface area (TPSA) is 40.9 Å². The lowest BCUT2D eigenvalue weighted by Crippen LogP contribution is -2.34. The van der Waals surface area contributed by atoms with E-state index in [-0.39, 0.29) is 5.91 Å². The van der Waals surface area contributed by atoms with Gasteiger partial charge in [0.15, 0.2) is 0 Å². The molecule has 0 N–H and O–H groups in total. The highest BCUT2D eigenvalue weighted by molar-refractivity contribution is 9.10. The molecule has 1 fully saturated rings. The number of hydrogen-bond acceptors (Lipinski definition) is 3. The van der Waals surface area contributed by atoms with Gasteiger partial charge in [0, 0.05) is 47.0 Å². The number of fused-ring (bicyclic) bond motifs is 1. The lowest BCUT2D eigenvalue weighted by atomic mass is 10.0. The van der Waals surface area contributed by atoms with Crippen LogP contribution in [-0.4, -0.2) is 58.0 Å². The van der Waals surface area contributed by atoms with Gasteiger partial charge in [0.2, 0.25) is 0 Å². The fourth-order valence-corrected chi connectivity index (χ4v) is 5.40. The first kappa shape index (κ1) is 28.6. The van der Waals surface area contributed by atoms with Crippen LogP contribution in [-0.2, 0) is 0 Å². The predicted molar refractivity (Wildman–Crippen MR) is 162 cm³/mol. The molecule has 1 aliphatic rings. The summed E-state index contributed by atoms with van der Waals surface area (Å²) in [6.45, 7) is 13.7. The fourth-order valence-electron chi connectivity index (χ4n) is 5.00. The quantitative estimate of drug-likeness (QED) is 0.233. The molecule has 3 aromatic rings. The molecule has 0 spiro atoms. The first-order valence-corrected chi connectivity index (χ1v) is 15.1. The van der Waals surface area contributed by atoms with Crippen molar-refractivity contribution < 1.29 is 4.79 Å². The maximum Gasteiger partial charge on any atom is 0.253 e. The second-order valence-corrected chi connectivity index (χ2v) is 12.4. The summed E-state index contributed by atoms with van der Waals surface area (Å²) in [4.78, 5) is 18.3. The Morgan fingerprint density at radius 3 is 2.39 bits per heavy atom. The highest BCUT2D eigenvalue weighted by atomic mass is 79.9. The third kappa shape index (κ3) is 7.57. The molecule has 1 saturated heterocycles. The van der Waals surface area contributed by atoms with E-state index in [0.717, 1.165) is 64.8 Å². The molecule has 5 nitrogen and oxygen atoms in total. The molecule has 4 rings (SSSR count). The number of nitrogens with zero attached hydrogens (tertiary/aromatic N) is 4. The standard InChI is InChI=1S/C32H43BrN4O/c1-24(2)13-19-36(20-14-25(3)4)32(38)27-15-21-37-30(23-27)29(12-9-18-35-16-6-5-7-17-35)31(34-37)26-10-8-11-28(33)22-26/h8-12,15,21-25H,5-7,13-14,16-20H2,1-4H3. The summed E-state index contributed by atoms with van der Waals surface area (Å²) in [5.41, 5.74) is 4.75. The molecule has 0 saturated carbocycles. The number of benzene rings is 1. The maximum atomic E-state index is 13.7. The smallest absolute Gasteiger partial charge is 0.253 e. The minimum atomic E-state index is 0.113. The fraction of sp³-hybridized carbons (Fsp3) is 0.500. The maximum absolute atomic E-state index is 13.7. The Bertz CT molecular complexity index is 1230. The highest BCUT2D eigenvalue weighted by Crippen LogP contribution is 2.30. The Hall–Kier alpha value is -2.44. The first-order valence-electron chi connectivity index (χ1n) is 14.3. The second-order valence-electron chi connectivity index (χ2n) is 11.4. The van der Waals surface area contributed by atoms with Crippen molar-refractivity contribution >= 4 is 33.4 Å². The van der Waals surface area contributed by atoms with E-state index in [0.29, 0.717) is 11.8 Å². The van der Waals surface area contributed by atoms with Crippen LogP contribution in [0, 0.1) is 11.8 Å². The van der Waals surface area contributed by atoms with Crippen molar-refractivity contribution in [2.24, 2.45) is 11.8 Å². The van der Waals surface area contributed by atoms with Gasteiger partial charge in [-0.05, 0) is 74.9 Å². The minimum absolute atomic E-state index is 0.113. The average molecular weight is 580 g/mol. The van der Waals surface area contributed by atoms with Crippen LogP contribution in [0.3, 0.4) is 0 Å². The summed E-state index contributed by atoms with van der Waals surface area (Å²) in [6, 6.07) is 12.2. The molecule has 38 heavy (non-hydrogen) atoms. The van der Waals surface area contributed by atoms with E-state index in [1.54, 1.807) is 0 Å². The van der Waals surface area contributed by atoms with Gasteiger partial charge >= 0.3 is 0 Å². The highest BCUT2D eigenvalue weighted by Gasteiger charge is 2.20. The number of pyridine rings is 1. The third-order valence-electron chi connectivity index (χ3n) is 7.35. The zero-order valence-corrected chi connectivity index (χ0v) is 25.1. The molecule has 0 aliphatic carbocycles. The van der Waals surface area contributed by atoms with E-state index < -0.39 is 0 Å². The number of amides is 1. The number of carbonyl (C=O) groups excluding carboxylic acids is 1. The second kappa shape index (κ2) is 13.6. The van der Waals surface area contributed by atoms with E-state index in [2.05, 4.69) is 72.8 Å². The van der Waals surface area contributed by atoms with Crippen molar-refractivity contribution in [1.82, 2.24) is 19.4 Å². The molecule has 0 atom stereocenters. The summed E-state index contributed by atoms with van der Waals surface area (Å²) >= 11 is 3.62.